The van der Waals surface area contributed by atoms with Gasteiger partial charge in [0.2, 0.25) is 5.90 Å². The number of fused-ring (bicyclic) bond motifs is 1. The Hall–Kier alpha value is -5.16. The first-order valence-electron chi connectivity index (χ1n) is 12.7. The average Bonchev–Trinajstić information content (AvgIpc) is 3.36. The first kappa shape index (κ1) is 24.2. The van der Waals surface area contributed by atoms with Gasteiger partial charge in [0.15, 0.2) is 17.2 Å². The standard InChI is InChI=1S/C34H25NO4/c36-34-30(35-33(39-34)29-17-16-27-13-7-8-14-28(27)21-29)19-26-15-18-31(37-22-24-9-3-1-4-10-24)32(20-26)38-23-25-11-5-2-6-12-25/h1-21H,22-23H2/b30-19-. The summed E-state index contributed by atoms with van der Waals surface area (Å²) in [5, 5.41) is 2.16. The molecule has 0 amide bonds. The molecule has 190 valence electrons. The first-order valence-corrected chi connectivity index (χ1v) is 12.7. The molecule has 0 spiro atoms. The van der Waals surface area contributed by atoms with Crippen LogP contribution in [-0.2, 0) is 22.7 Å². The van der Waals surface area contributed by atoms with Crippen LogP contribution in [0.15, 0.2) is 132 Å². The van der Waals surface area contributed by atoms with Crippen LogP contribution < -0.4 is 9.47 Å². The summed E-state index contributed by atoms with van der Waals surface area (Å²) in [6.45, 7) is 0.795. The fourth-order valence-corrected chi connectivity index (χ4v) is 4.33. The van der Waals surface area contributed by atoms with Crippen molar-refractivity contribution in [3.63, 3.8) is 0 Å². The summed E-state index contributed by atoms with van der Waals surface area (Å²) < 4.78 is 17.8. The smallest absolute Gasteiger partial charge is 0.363 e. The van der Waals surface area contributed by atoms with Gasteiger partial charge in [-0.3, -0.25) is 0 Å². The Balaban J connectivity index is 1.27. The molecule has 0 radical (unpaired) electrons. The molecule has 39 heavy (non-hydrogen) atoms. The lowest BCUT2D eigenvalue weighted by molar-refractivity contribution is -0.129. The van der Waals surface area contributed by atoms with E-state index in [1.165, 1.54) is 0 Å². The van der Waals surface area contributed by atoms with E-state index in [1.54, 1.807) is 6.08 Å². The molecule has 0 bridgehead atoms. The SMILES string of the molecule is O=C1OC(c2ccc3ccccc3c2)=N/C1=C\c1ccc(OCc2ccccc2)c(OCc2ccccc2)c1. The van der Waals surface area contributed by atoms with Crippen molar-refractivity contribution in [2.75, 3.05) is 0 Å². The van der Waals surface area contributed by atoms with Gasteiger partial charge in [0.05, 0.1) is 0 Å². The van der Waals surface area contributed by atoms with E-state index >= 15 is 0 Å². The molecule has 6 rings (SSSR count). The number of carbonyl (C=O) groups is 1. The highest BCUT2D eigenvalue weighted by atomic mass is 16.6. The van der Waals surface area contributed by atoms with E-state index in [0.717, 1.165) is 33.0 Å². The van der Waals surface area contributed by atoms with Gasteiger partial charge in [0, 0.05) is 5.56 Å². The third-order valence-electron chi connectivity index (χ3n) is 6.36. The van der Waals surface area contributed by atoms with E-state index in [-0.39, 0.29) is 5.70 Å². The molecule has 5 aromatic carbocycles. The maximum atomic E-state index is 12.7. The van der Waals surface area contributed by atoms with Crippen LogP contribution in [0.25, 0.3) is 16.8 Å². The number of benzene rings is 5. The molecule has 0 aromatic heterocycles. The number of aliphatic imine (C=N–C) groups is 1. The maximum Gasteiger partial charge on any atom is 0.363 e. The summed E-state index contributed by atoms with van der Waals surface area (Å²) in [7, 11) is 0. The molecule has 5 aromatic rings. The lowest BCUT2D eigenvalue weighted by Gasteiger charge is -2.14. The van der Waals surface area contributed by atoms with E-state index in [1.807, 2.05) is 121 Å². The minimum atomic E-state index is -0.491. The molecule has 5 nitrogen and oxygen atoms in total. The van der Waals surface area contributed by atoms with E-state index in [2.05, 4.69) is 4.99 Å². The highest BCUT2D eigenvalue weighted by molar-refractivity contribution is 6.13. The lowest BCUT2D eigenvalue weighted by atomic mass is 10.1. The zero-order valence-corrected chi connectivity index (χ0v) is 21.1. The minimum absolute atomic E-state index is 0.227. The van der Waals surface area contributed by atoms with Gasteiger partial charge in [-0.25, -0.2) is 9.79 Å². The maximum absolute atomic E-state index is 12.7. The fourth-order valence-electron chi connectivity index (χ4n) is 4.33. The molecule has 1 heterocycles. The quantitative estimate of drug-likeness (QED) is 0.162. The third kappa shape index (κ3) is 5.73. The van der Waals surface area contributed by atoms with Crippen LogP contribution in [-0.4, -0.2) is 11.9 Å². The Labute approximate surface area is 226 Å². The van der Waals surface area contributed by atoms with Gasteiger partial charge in [0.25, 0.3) is 0 Å². The van der Waals surface area contributed by atoms with Crippen molar-refractivity contribution in [2.45, 2.75) is 13.2 Å². The van der Waals surface area contributed by atoms with Gasteiger partial charge >= 0.3 is 5.97 Å². The largest absolute Gasteiger partial charge is 0.485 e. The van der Waals surface area contributed by atoms with Crippen LogP contribution in [0.4, 0.5) is 0 Å². The predicted octanol–water partition coefficient (Wildman–Crippen LogP) is 7.34. The molecule has 0 saturated heterocycles. The fraction of sp³-hybridized carbons (Fsp3) is 0.0588. The third-order valence-corrected chi connectivity index (χ3v) is 6.36. The highest BCUT2D eigenvalue weighted by Gasteiger charge is 2.24. The predicted molar refractivity (Wildman–Crippen MR) is 153 cm³/mol. The second-order valence-corrected chi connectivity index (χ2v) is 9.15. The number of ether oxygens (including phenoxy) is 3. The van der Waals surface area contributed by atoms with Crippen LogP contribution >= 0.6 is 0 Å². The molecule has 0 N–H and O–H groups in total. The number of nitrogens with zero attached hydrogens (tertiary/aromatic N) is 1. The average molecular weight is 512 g/mol. The van der Waals surface area contributed by atoms with Crippen LogP contribution in [0.3, 0.4) is 0 Å². The van der Waals surface area contributed by atoms with Crippen molar-refractivity contribution in [1.82, 2.24) is 0 Å². The van der Waals surface area contributed by atoms with Gasteiger partial charge in [-0.15, -0.1) is 0 Å². The summed E-state index contributed by atoms with van der Waals surface area (Å²) in [5.74, 6) is 0.996. The van der Waals surface area contributed by atoms with Gasteiger partial charge in [-0.1, -0.05) is 97.1 Å². The number of hydrogen-bond acceptors (Lipinski definition) is 5. The molecule has 0 saturated carbocycles. The molecule has 0 fully saturated rings. The molecule has 5 heteroatoms. The Bertz CT molecular complexity index is 1690. The van der Waals surface area contributed by atoms with Crippen molar-refractivity contribution >= 4 is 28.7 Å². The second-order valence-electron chi connectivity index (χ2n) is 9.15. The molecular weight excluding hydrogens is 486 g/mol. The monoisotopic (exact) mass is 511 g/mol. The van der Waals surface area contributed by atoms with Crippen molar-refractivity contribution < 1.29 is 19.0 Å². The van der Waals surface area contributed by atoms with Gasteiger partial charge in [-0.05, 0) is 57.8 Å². The molecule has 1 aliphatic rings. The summed E-state index contributed by atoms with van der Waals surface area (Å²) >= 11 is 0. The van der Waals surface area contributed by atoms with Gasteiger partial charge in [0.1, 0.15) is 13.2 Å². The Kier molecular flexibility index (Phi) is 6.87. The minimum Gasteiger partial charge on any atom is -0.485 e. The summed E-state index contributed by atoms with van der Waals surface area (Å²) in [6, 6.07) is 39.4. The number of rotatable bonds is 8. The number of esters is 1. The van der Waals surface area contributed by atoms with Crippen LogP contribution in [0.2, 0.25) is 0 Å². The summed E-state index contributed by atoms with van der Waals surface area (Å²) in [6.07, 6.45) is 1.70. The molecule has 0 aliphatic carbocycles. The van der Waals surface area contributed by atoms with Crippen molar-refractivity contribution in [2.24, 2.45) is 4.99 Å². The van der Waals surface area contributed by atoms with Gasteiger partial charge in [-0.2, -0.15) is 0 Å². The topological polar surface area (TPSA) is 57.1 Å². The van der Waals surface area contributed by atoms with Crippen LogP contribution in [0.5, 0.6) is 11.5 Å². The van der Waals surface area contributed by atoms with E-state index in [9.17, 15) is 4.79 Å². The molecule has 0 unspecified atom stereocenters. The zero-order valence-electron chi connectivity index (χ0n) is 21.1. The van der Waals surface area contributed by atoms with Gasteiger partial charge < -0.3 is 14.2 Å². The summed E-state index contributed by atoms with van der Waals surface area (Å²) in [4.78, 5) is 17.2. The first-order chi connectivity index (χ1) is 19.2. The second kappa shape index (κ2) is 11.1. The highest BCUT2D eigenvalue weighted by Crippen LogP contribution is 2.32. The lowest BCUT2D eigenvalue weighted by Crippen LogP contribution is -2.05. The molecule has 0 atom stereocenters. The number of cyclic esters (lactones) is 1. The Morgan fingerprint density at radius 1 is 0.641 bits per heavy atom. The Morgan fingerprint density at radius 3 is 2.00 bits per heavy atom. The number of hydrogen-bond donors (Lipinski definition) is 0. The molecule has 1 aliphatic heterocycles. The van der Waals surface area contributed by atoms with Crippen LogP contribution in [0, 0.1) is 0 Å². The summed E-state index contributed by atoms with van der Waals surface area (Å²) in [5.41, 5.74) is 3.83. The zero-order chi connectivity index (χ0) is 26.4. The van der Waals surface area contributed by atoms with E-state index in [4.69, 9.17) is 14.2 Å². The number of carbonyl (C=O) groups excluding carboxylic acids is 1. The van der Waals surface area contributed by atoms with E-state index in [0.29, 0.717) is 30.6 Å². The Morgan fingerprint density at radius 2 is 1.28 bits per heavy atom. The van der Waals surface area contributed by atoms with Crippen molar-refractivity contribution in [3.8, 4) is 11.5 Å². The van der Waals surface area contributed by atoms with Crippen molar-refractivity contribution in [3.05, 3.63) is 149 Å². The molecular formula is C34H25NO4. The van der Waals surface area contributed by atoms with Crippen molar-refractivity contribution in [1.29, 1.82) is 0 Å². The van der Waals surface area contributed by atoms with Crippen LogP contribution in [0.1, 0.15) is 22.3 Å². The normalized spacial score (nSPS) is 13.8. The van der Waals surface area contributed by atoms with E-state index < -0.39 is 5.97 Å².